The summed E-state index contributed by atoms with van der Waals surface area (Å²) in [5.74, 6) is 1.75. The molecule has 1 aliphatic rings. The Bertz CT molecular complexity index is 447. The van der Waals surface area contributed by atoms with Crippen LogP contribution >= 0.6 is 15.9 Å². The van der Waals surface area contributed by atoms with E-state index in [1.807, 2.05) is 6.92 Å². The number of hydrogen-bond acceptors (Lipinski definition) is 2. The number of ether oxygens (including phenoxy) is 1. The molecular formula is C17H26BrNO. The third kappa shape index (κ3) is 3.76. The zero-order chi connectivity index (χ0) is 14.5. The van der Waals surface area contributed by atoms with E-state index in [9.17, 15) is 0 Å². The van der Waals surface area contributed by atoms with Crippen LogP contribution in [0, 0.1) is 5.92 Å². The first-order valence-corrected chi connectivity index (χ1v) is 8.63. The van der Waals surface area contributed by atoms with E-state index in [2.05, 4.69) is 47.2 Å². The maximum absolute atomic E-state index is 5.72. The van der Waals surface area contributed by atoms with Crippen LogP contribution < -0.4 is 10.1 Å². The number of fused-ring (bicyclic) bond motifs is 1. The SMILES string of the molecule is CCCNC1CC(C)CCc2c(Br)cc(OCC)cc21. The van der Waals surface area contributed by atoms with E-state index in [0.717, 1.165) is 24.6 Å². The number of nitrogens with one attached hydrogen (secondary N) is 1. The van der Waals surface area contributed by atoms with Crippen molar-refractivity contribution in [1.29, 1.82) is 0 Å². The highest BCUT2D eigenvalue weighted by Crippen LogP contribution is 2.38. The summed E-state index contributed by atoms with van der Waals surface area (Å²) in [7, 11) is 0. The summed E-state index contributed by atoms with van der Waals surface area (Å²) in [6.07, 6.45) is 4.82. The van der Waals surface area contributed by atoms with Gasteiger partial charge in [-0.15, -0.1) is 0 Å². The molecule has 0 saturated carbocycles. The smallest absolute Gasteiger partial charge is 0.120 e. The van der Waals surface area contributed by atoms with Crippen LogP contribution in [0.5, 0.6) is 5.75 Å². The fraction of sp³-hybridized carbons (Fsp3) is 0.647. The Hall–Kier alpha value is -0.540. The standard InChI is InChI=1S/C17H26BrNO/c1-4-8-19-17-9-12(3)6-7-14-15(17)10-13(20-5-2)11-16(14)18/h10-12,17,19H,4-9H2,1-3H3. The van der Waals surface area contributed by atoms with Crippen LogP contribution in [0.25, 0.3) is 0 Å². The average Bonchev–Trinajstić information content (AvgIpc) is 2.57. The quantitative estimate of drug-likeness (QED) is 0.773. The predicted molar refractivity (Wildman–Crippen MR) is 88.4 cm³/mol. The van der Waals surface area contributed by atoms with E-state index in [-0.39, 0.29) is 0 Å². The molecule has 1 N–H and O–H groups in total. The number of benzene rings is 1. The molecule has 0 spiro atoms. The van der Waals surface area contributed by atoms with Crippen molar-refractivity contribution < 1.29 is 4.74 Å². The van der Waals surface area contributed by atoms with Gasteiger partial charge in [-0.05, 0) is 68.3 Å². The van der Waals surface area contributed by atoms with Crippen molar-refractivity contribution in [2.45, 2.75) is 52.5 Å². The van der Waals surface area contributed by atoms with E-state index in [0.29, 0.717) is 12.6 Å². The zero-order valence-electron chi connectivity index (χ0n) is 12.8. The van der Waals surface area contributed by atoms with Crippen LogP contribution in [0.2, 0.25) is 0 Å². The van der Waals surface area contributed by atoms with Crippen LogP contribution in [0.15, 0.2) is 16.6 Å². The van der Waals surface area contributed by atoms with Gasteiger partial charge in [-0.2, -0.15) is 0 Å². The van der Waals surface area contributed by atoms with Gasteiger partial charge in [0.25, 0.3) is 0 Å². The lowest BCUT2D eigenvalue weighted by molar-refractivity contribution is 0.338. The molecular weight excluding hydrogens is 314 g/mol. The van der Waals surface area contributed by atoms with Crippen LogP contribution in [0.4, 0.5) is 0 Å². The molecule has 1 aliphatic carbocycles. The molecule has 2 atom stereocenters. The van der Waals surface area contributed by atoms with E-state index >= 15 is 0 Å². The van der Waals surface area contributed by atoms with Crippen LogP contribution in [0.3, 0.4) is 0 Å². The lowest BCUT2D eigenvalue weighted by atomic mass is 9.96. The summed E-state index contributed by atoms with van der Waals surface area (Å²) >= 11 is 3.75. The minimum atomic E-state index is 0.458. The number of hydrogen-bond donors (Lipinski definition) is 1. The van der Waals surface area contributed by atoms with Crippen molar-refractivity contribution in [2.24, 2.45) is 5.92 Å². The van der Waals surface area contributed by atoms with Crippen molar-refractivity contribution >= 4 is 15.9 Å². The molecule has 1 aromatic rings. The van der Waals surface area contributed by atoms with Gasteiger partial charge in [0.05, 0.1) is 6.61 Å². The fourth-order valence-corrected chi connectivity index (χ4v) is 3.66. The van der Waals surface area contributed by atoms with Crippen LogP contribution in [-0.4, -0.2) is 13.2 Å². The van der Waals surface area contributed by atoms with Gasteiger partial charge < -0.3 is 10.1 Å². The highest BCUT2D eigenvalue weighted by molar-refractivity contribution is 9.10. The Kier molecular flexibility index (Phi) is 5.91. The second-order valence-corrected chi connectivity index (χ2v) is 6.65. The van der Waals surface area contributed by atoms with Gasteiger partial charge in [0.15, 0.2) is 0 Å². The van der Waals surface area contributed by atoms with Gasteiger partial charge >= 0.3 is 0 Å². The number of rotatable bonds is 5. The summed E-state index contributed by atoms with van der Waals surface area (Å²) in [6, 6.07) is 4.82. The summed E-state index contributed by atoms with van der Waals surface area (Å²) in [5.41, 5.74) is 2.90. The predicted octanol–water partition coefficient (Wildman–Crippen LogP) is 4.86. The van der Waals surface area contributed by atoms with Crippen LogP contribution in [-0.2, 0) is 6.42 Å². The monoisotopic (exact) mass is 339 g/mol. The first kappa shape index (κ1) is 15.8. The molecule has 0 amide bonds. The molecule has 2 rings (SSSR count). The number of halogens is 1. The second kappa shape index (κ2) is 7.46. The molecule has 0 aromatic heterocycles. The van der Waals surface area contributed by atoms with Gasteiger partial charge in [-0.1, -0.05) is 29.8 Å². The van der Waals surface area contributed by atoms with E-state index in [1.54, 1.807) is 0 Å². The Morgan fingerprint density at radius 3 is 2.85 bits per heavy atom. The largest absolute Gasteiger partial charge is 0.494 e. The normalized spacial score (nSPS) is 22.2. The molecule has 0 saturated heterocycles. The minimum Gasteiger partial charge on any atom is -0.494 e. The van der Waals surface area contributed by atoms with Crippen molar-refractivity contribution in [1.82, 2.24) is 5.32 Å². The summed E-state index contributed by atoms with van der Waals surface area (Å²) < 4.78 is 6.92. The van der Waals surface area contributed by atoms with Gasteiger partial charge in [0, 0.05) is 10.5 Å². The Morgan fingerprint density at radius 1 is 1.35 bits per heavy atom. The van der Waals surface area contributed by atoms with Crippen molar-refractivity contribution in [3.63, 3.8) is 0 Å². The Morgan fingerprint density at radius 2 is 2.15 bits per heavy atom. The van der Waals surface area contributed by atoms with Gasteiger partial charge in [0.2, 0.25) is 0 Å². The van der Waals surface area contributed by atoms with Gasteiger partial charge in [-0.3, -0.25) is 0 Å². The highest BCUT2D eigenvalue weighted by atomic mass is 79.9. The van der Waals surface area contributed by atoms with Crippen LogP contribution in [0.1, 0.15) is 57.2 Å². The Balaban J connectivity index is 2.36. The summed E-state index contributed by atoms with van der Waals surface area (Å²) in [5, 5.41) is 3.72. The fourth-order valence-electron chi connectivity index (χ4n) is 3.01. The third-order valence-corrected chi connectivity index (χ3v) is 4.76. The first-order chi connectivity index (χ1) is 9.65. The summed E-state index contributed by atoms with van der Waals surface area (Å²) in [6.45, 7) is 8.42. The molecule has 0 aliphatic heterocycles. The van der Waals surface area contributed by atoms with E-state index in [4.69, 9.17) is 4.74 Å². The van der Waals surface area contributed by atoms with E-state index < -0.39 is 0 Å². The molecule has 2 unspecified atom stereocenters. The average molecular weight is 340 g/mol. The highest BCUT2D eigenvalue weighted by Gasteiger charge is 2.24. The lowest BCUT2D eigenvalue weighted by Crippen LogP contribution is -2.23. The van der Waals surface area contributed by atoms with E-state index in [1.165, 1.54) is 34.9 Å². The molecule has 2 nitrogen and oxygen atoms in total. The molecule has 0 fully saturated rings. The maximum Gasteiger partial charge on any atom is 0.120 e. The molecule has 1 aromatic carbocycles. The molecule has 3 heteroatoms. The third-order valence-electron chi connectivity index (χ3n) is 4.06. The van der Waals surface area contributed by atoms with Crippen molar-refractivity contribution in [3.8, 4) is 5.75 Å². The van der Waals surface area contributed by atoms with Gasteiger partial charge in [0.1, 0.15) is 5.75 Å². The molecule has 0 heterocycles. The zero-order valence-corrected chi connectivity index (χ0v) is 14.4. The lowest BCUT2D eigenvalue weighted by Gasteiger charge is -2.22. The summed E-state index contributed by atoms with van der Waals surface area (Å²) in [4.78, 5) is 0. The van der Waals surface area contributed by atoms with Crippen molar-refractivity contribution in [2.75, 3.05) is 13.2 Å². The molecule has 112 valence electrons. The molecule has 0 bridgehead atoms. The maximum atomic E-state index is 5.72. The first-order valence-electron chi connectivity index (χ1n) is 7.84. The Labute approximate surface area is 131 Å². The second-order valence-electron chi connectivity index (χ2n) is 5.79. The molecule has 0 radical (unpaired) electrons. The minimum absolute atomic E-state index is 0.458. The van der Waals surface area contributed by atoms with Crippen molar-refractivity contribution in [3.05, 3.63) is 27.7 Å². The van der Waals surface area contributed by atoms with Gasteiger partial charge in [-0.25, -0.2) is 0 Å². The topological polar surface area (TPSA) is 21.3 Å². The molecule has 20 heavy (non-hydrogen) atoms.